The molecule has 1 saturated heterocycles. The summed E-state index contributed by atoms with van der Waals surface area (Å²) in [5.41, 5.74) is 0.932. The Kier molecular flexibility index (Phi) is 3.36. The van der Waals surface area contributed by atoms with Crippen LogP contribution in [0.3, 0.4) is 0 Å². The molecule has 0 aromatic heterocycles. The molecule has 2 aromatic rings. The van der Waals surface area contributed by atoms with Crippen molar-refractivity contribution >= 4 is 17.3 Å². The number of thiocarbonyl (C=S) groups is 1. The molecule has 102 valence electrons. The van der Waals surface area contributed by atoms with Gasteiger partial charge in [0.1, 0.15) is 11.6 Å². The maximum atomic E-state index is 14.0. The standard InChI is InChI=1S/C15H12F2N2S/c16-11-7-3-1-5-9(11)13-14(19-15(20)18-13)10-6-2-4-8-12(10)17/h1-8,13-14H,(H2,18,19,20). The summed E-state index contributed by atoms with van der Waals surface area (Å²) in [5, 5.41) is 6.40. The van der Waals surface area contributed by atoms with E-state index in [0.717, 1.165) is 0 Å². The molecule has 1 aliphatic heterocycles. The van der Waals surface area contributed by atoms with Crippen LogP contribution < -0.4 is 10.6 Å². The highest BCUT2D eigenvalue weighted by atomic mass is 32.1. The predicted molar refractivity (Wildman–Crippen MR) is 77.2 cm³/mol. The van der Waals surface area contributed by atoms with E-state index in [1.807, 2.05) is 0 Å². The van der Waals surface area contributed by atoms with Crippen LogP contribution in [0.5, 0.6) is 0 Å². The minimum absolute atomic E-state index is 0.335. The van der Waals surface area contributed by atoms with Crippen molar-refractivity contribution in [3.05, 3.63) is 71.3 Å². The number of nitrogens with one attached hydrogen (secondary N) is 2. The molecule has 2 atom stereocenters. The number of halogens is 2. The van der Waals surface area contributed by atoms with Gasteiger partial charge in [0, 0.05) is 11.1 Å². The van der Waals surface area contributed by atoms with Crippen molar-refractivity contribution < 1.29 is 8.78 Å². The van der Waals surface area contributed by atoms with Gasteiger partial charge in [0.2, 0.25) is 0 Å². The maximum absolute atomic E-state index is 14.0. The van der Waals surface area contributed by atoms with E-state index in [-0.39, 0.29) is 11.6 Å². The first-order valence-electron chi connectivity index (χ1n) is 6.22. The third-order valence-electron chi connectivity index (χ3n) is 3.39. The highest BCUT2D eigenvalue weighted by Crippen LogP contribution is 2.34. The normalized spacial score (nSPS) is 21.4. The Bertz CT molecular complexity index is 604. The lowest BCUT2D eigenvalue weighted by Gasteiger charge is -2.20. The molecule has 0 bridgehead atoms. The topological polar surface area (TPSA) is 24.1 Å². The van der Waals surface area contributed by atoms with Gasteiger partial charge in [-0.25, -0.2) is 8.78 Å². The minimum atomic E-state index is -0.430. The summed E-state index contributed by atoms with van der Waals surface area (Å²) in [5.74, 6) is -0.671. The first kappa shape index (κ1) is 13.0. The van der Waals surface area contributed by atoms with Crippen molar-refractivity contribution in [2.75, 3.05) is 0 Å². The summed E-state index contributed by atoms with van der Waals surface area (Å²) in [6, 6.07) is 12.0. The number of hydrogen-bond donors (Lipinski definition) is 2. The van der Waals surface area contributed by atoms with E-state index < -0.39 is 12.1 Å². The van der Waals surface area contributed by atoms with Crippen LogP contribution in [0, 0.1) is 11.6 Å². The molecule has 2 N–H and O–H groups in total. The van der Waals surface area contributed by atoms with E-state index in [0.29, 0.717) is 16.2 Å². The molecule has 2 nitrogen and oxygen atoms in total. The zero-order valence-electron chi connectivity index (χ0n) is 10.4. The second kappa shape index (κ2) is 5.17. The molecule has 0 saturated carbocycles. The zero-order valence-corrected chi connectivity index (χ0v) is 11.3. The molecule has 0 radical (unpaired) electrons. The average Bonchev–Trinajstić information content (AvgIpc) is 2.81. The fourth-order valence-electron chi connectivity index (χ4n) is 2.46. The van der Waals surface area contributed by atoms with Crippen LogP contribution >= 0.6 is 12.2 Å². The van der Waals surface area contributed by atoms with Gasteiger partial charge in [-0.05, 0) is 24.4 Å². The zero-order chi connectivity index (χ0) is 14.1. The van der Waals surface area contributed by atoms with Crippen molar-refractivity contribution in [1.82, 2.24) is 10.6 Å². The molecular formula is C15H12F2N2S. The largest absolute Gasteiger partial charge is 0.353 e. The number of rotatable bonds is 2. The van der Waals surface area contributed by atoms with Crippen LogP contribution in [0.4, 0.5) is 8.78 Å². The van der Waals surface area contributed by atoms with Gasteiger partial charge in [0.25, 0.3) is 0 Å². The van der Waals surface area contributed by atoms with Crippen LogP contribution in [-0.2, 0) is 0 Å². The molecule has 5 heteroatoms. The molecule has 2 unspecified atom stereocenters. The third kappa shape index (κ3) is 2.25. The van der Waals surface area contributed by atoms with Gasteiger partial charge in [0.15, 0.2) is 5.11 Å². The lowest BCUT2D eigenvalue weighted by atomic mass is 9.94. The molecule has 0 spiro atoms. The van der Waals surface area contributed by atoms with Gasteiger partial charge >= 0.3 is 0 Å². The third-order valence-corrected chi connectivity index (χ3v) is 3.62. The quantitative estimate of drug-likeness (QED) is 0.830. The van der Waals surface area contributed by atoms with E-state index in [1.165, 1.54) is 12.1 Å². The van der Waals surface area contributed by atoms with Gasteiger partial charge in [0.05, 0.1) is 12.1 Å². The van der Waals surface area contributed by atoms with Gasteiger partial charge in [-0.15, -0.1) is 0 Å². The second-order valence-corrected chi connectivity index (χ2v) is 5.02. The molecular weight excluding hydrogens is 278 g/mol. The Hall–Kier alpha value is -2.01. The first-order valence-corrected chi connectivity index (χ1v) is 6.63. The van der Waals surface area contributed by atoms with Gasteiger partial charge in [-0.3, -0.25) is 0 Å². The maximum Gasteiger partial charge on any atom is 0.167 e. The monoisotopic (exact) mass is 290 g/mol. The Balaban J connectivity index is 2.04. The fraction of sp³-hybridized carbons (Fsp3) is 0.133. The Morgan fingerprint density at radius 3 is 1.55 bits per heavy atom. The van der Waals surface area contributed by atoms with Crippen molar-refractivity contribution in [3.8, 4) is 0 Å². The Labute approximate surface area is 120 Å². The fourth-order valence-corrected chi connectivity index (χ4v) is 2.71. The first-order chi connectivity index (χ1) is 9.66. The van der Waals surface area contributed by atoms with Gasteiger partial charge in [-0.2, -0.15) is 0 Å². The summed E-state index contributed by atoms with van der Waals surface area (Å²) in [6.07, 6.45) is 0. The predicted octanol–water partition coefficient (Wildman–Crippen LogP) is 3.22. The molecule has 3 rings (SSSR count). The van der Waals surface area contributed by atoms with Gasteiger partial charge < -0.3 is 10.6 Å². The van der Waals surface area contributed by atoms with E-state index in [9.17, 15) is 8.78 Å². The lowest BCUT2D eigenvalue weighted by Crippen LogP contribution is -2.21. The number of hydrogen-bond acceptors (Lipinski definition) is 1. The molecule has 2 aromatic carbocycles. The molecule has 1 heterocycles. The van der Waals surface area contributed by atoms with Gasteiger partial charge in [-0.1, -0.05) is 36.4 Å². The van der Waals surface area contributed by atoms with Crippen molar-refractivity contribution in [3.63, 3.8) is 0 Å². The van der Waals surface area contributed by atoms with E-state index >= 15 is 0 Å². The summed E-state index contributed by atoms with van der Waals surface area (Å²) in [4.78, 5) is 0. The number of benzene rings is 2. The van der Waals surface area contributed by atoms with Crippen LogP contribution in [0.1, 0.15) is 23.2 Å². The van der Waals surface area contributed by atoms with E-state index in [4.69, 9.17) is 12.2 Å². The van der Waals surface area contributed by atoms with Crippen molar-refractivity contribution in [2.24, 2.45) is 0 Å². The average molecular weight is 290 g/mol. The SMILES string of the molecule is Fc1ccccc1C1NC(=S)NC1c1ccccc1F. The molecule has 20 heavy (non-hydrogen) atoms. The summed E-state index contributed by atoms with van der Waals surface area (Å²) < 4.78 is 27.9. The van der Waals surface area contributed by atoms with Crippen molar-refractivity contribution in [2.45, 2.75) is 12.1 Å². The Morgan fingerprint density at radius 1 is 0.750 bits per heavy atom. The van der Waals surface area contributed by atoms with E-state index in [1.54, 1.807) is 36.4 Å². The van der Waals surface area contributed by atoms with Crippen molar-refractivity contribution in [1.29, 1.82) is 0 Å². The smallest absolute Gasteiger partial charge is 0.167 e. The highest BCUT2D eigenvalue weighted by molar-refractivity contribution is 7.80. The lowest BCUT2D eigenvalue weighted by molar-refractivity contribution is 0.490. The van der Waals surface area contributed by atoms with Crippen LogP contribution in [0.15, 0.2) is 48.5 Å². The minimum Gasteiger partial charge on any atom is -0.353 e. The molecule has 1 fully saturated rings. The van der Waals surface area contributed by atoms with E-state index in [2.05, 4.69) is 10.6 Å². The molecule has 0 amide bonds. The van der Waals surface area contributed by atoms with Crippen LogP contribution in [0.2, 0.25) is 0 Å². The molecule has 0 aliphatic carbocycles. The highest BCUT2D eigenvalue weighted by Gasteiger charge is 2.34. The summed E-state index contributed by atoms with van der Waals surface area (Å²) >= 11 is 5.09. The second-order valence-electron chi connectivity index (χ2n) is 4.62. The molecule has 1 aliphatic rings. The summed E-state index contributed by atoms with van der Waals surface area (Å²) in [6.45, 7) is 0. The van der Waals surface area contributed by atoms with Crippen LogP contribution in [0.25, 0.3) is 0 Å². The summed E-state index contributed by atoms with van der Waals surface area (Å²) in [7, 11) is 0. The Morgan fingerprint density at radius 2 is 1.15 bits per heavy atom. The van der Waals surface area contributed by atoms with Crippen LogP contribution in [-0.4, -0.2) is 5.11 Å².